The molecule has 3 heterocycles. The minimum Gasteiger partial charge on any atom is -0.343 e. The predicted octanol–water partition coefficient (Wildman–Crippen LogP) is -0.395. The fourth-order valence-corrected chi connectivity index (χ4v) is 3.50. The van der Waals surface area contributed by atoms with Crippen LogP contribution in [0.15, 0.2) is 0 Å². The first-order chi connectivity index (χ1) is 10.5. The molecular formula is C15H21N3O4. The molecule has 0 aromatic carbocycles. The van der Waals surface area contributed by atoms with Gasteiger partial charge in [-0.1, -0.05) is 0 Å². The van der Waals surface area contributed by atoms with E-state index in [1.807, 2.05) is 0 Å². The molecular weight excluding hydrogens is 286 g/mol. The maximum atomic E-state index is 12.4. The van der Waals surface area contributed by atoms with Gasteiger partial charge in [-0.3, -0.25) is 24.1 Å². The minimum atomic E-state index is -0.135. The standard InChI is InChI=1S/C15H21N3O4/c1-10(19)16-6-4-11(5-7-16)15(22)17-8-12(9-17)18-13(20)2-3-14(18)21/h11-12H,2-9H2,1H3. The third-order valence-corrected chi connectivity index (χ3v) is 4.92. The summed E-state index contributed by atoms with van der Waals surface area (Å²) in [5, 5.41) is 0. The molecule has 0 spiro atoms. The maximum Gasteiger partial charge on any atom is 0.230 e. The van der Waals surface area contributed by atoms with Crippen LogP contribution in [-0.2, 0) is 19.2 Å². The van der Waals surface area contributed by atoms with E-state index in [0.717, 1.165) is 0 Å². The molecule has 0 unspecified atom stereocenters. The Labute approximate surface area is 129 Å². The van der Waals surface area contributed by atoms with Crippen LogP contribution >= 0.6 is 0 Å². The highest BCUT2D eigenvalue weighted by atomic mass is 16.2. The summed E-state index contributed by atoms with van der Waals surface area (Å²) in [4.78, 5) is 51.9. The zero-order valence-corrected chi connectivity index (χ0v) is 12.8. The monoisotopic (exact) mass is 307 g/mol. The molecule has 0 aromatic rings. The number of piperidine rings is 1. The summed E-state index contributed by atoms with van der Waals surface area (Å²) in [7, 11) is 0. The lowest BCUT2D eigenvalue weighted by atomic mass is 9.93. The fraction of sp³-hybridized carbons (Fsp3) is 0.733. The number of nitrogens with zero attached hydrogens (tertiary/aromatic N) is 3. The third-order valence-electron chi connectivity index (χ3n) is 4.92. The van der Waals surface area contributed by atoms with Gasteiger partial charge in [0.1, 0.15) is 0 Å². The van der Waals surface area contributed by atoms with Gasteiger partial charge in [-0.15, -0.1) is 0 Å². The molecule has 0 aliphatic carbocycles. The van der Waals surface area contributed by atoms with Crippen LogP contribution in [0.4, 0.5) is 0 Å². The van der Waals surface area contributed by atoms with Crippen LogP contribution in [0.1, 0.15) is 32.6 Å². The second-order valence-electron chi connectivity index (χ2n) is 6.33. The smallest absolute Gasteiger partial charge is 0.230 e. The van der Waals surface area contributed by atoms with Gasteiger partial charge in [0.25, 0.3) is 0 Å². The van der Waals surface area contributed by atoms with Crippen LogP contribution in [0, 0.1) is 5.92 Å². The lowest BCUT2D eigenvalue weighted by molar-refractivity contribution is -0.154. The molecule has 0 saturated carbocycles. The van der Waals surface area contributed by atoms with Crippen molar-refractivity contribution < 1.29 is 19.2 Å². The molecule has 0 radical (unpaired) electrons. The van der Waals surface area contributed by atoms with Crippen molar-refractivity contribution in [3.63, 3.8) is 0 Å². The molecule has 7 nitrogen and oxygen atoms in total. The lowest BCUT2D eigenvalue weighted by Gasteiger charge is -2.45. The van der Waals surface area contributed by atoms with Crippen molar-refractivity contribution in [3.05, 3.63) is 0 Å². The van der Waals surface area contributed by atoms with E-state index >= 15 is 0 Å². The highest BCUT2D eigenvalue weighted by Gasteiger charge is 2.44. The average Bonchev–Trinajstić information content (AvgIpc) is 2.78. The van der Waals surface area contributed by atoms with Crippen LogP contribution in [0.2, 0.25) is 0 Å². The number of hydrogen-bond acceptors (Lipinski definition) is 4. The fourth-order valence-electron chi connectivity index (χ4n) is 3.50. The molecule has 3 aliphatic heterocycles. The van der Waals surface area contributed by atoms with Crippen LogP contribution in [0.3, 0.4) is 0 Å². The first kappa shape index (κ1) is 15.0. The Morgan fingerprint density at radius 2 is 1.50 bits per heavy atom. The molecule has 0 aromatic heterocycles. The zero-order chi connectivity index (χ0) is 15.9. The Kier molecular flexibility index (Phi) is 3.88. The molecule has 0 N–H and O–H groups in total. The maximum absolute atomic E-state index is 12.4. The average molecular weight is 307 g/mol. The number of likely N-dealkylation sites (tertiary alicyclic amines) is 3. The van der Waals surface area contributed by atoms with E-state index in [1.54, 1.807) is 16.7 Å². The number of amides is 4. The van der Waals surface area contributed by atoms with Crippen LogP contribution in [-0.4, -0.2) is 70.5 Å². The Morgan fingerprint density at radius 1 is 0.955 bits per heavy atom. The molecule has 3 fully saturated rings. The number of rotatable bonds is 2. The summed E-state index contributed by atoms with van der Waals surface area (Å²) in [6.07, 6.45) is 1.99. The molecule has 3 rings (SSSR count). The Morgan fingerprint density at radius 3 is 2.00 bits per heavy atom. The number of imide groups is 1. The second kappa shape index (κ2) is 5.70. The van der Waals surface area contributed by atoms with E-state index in [-0.39, 0.29) is 35.6 Å². The Hall–Kier alpha value is -1.92. The summed E-state index contributed by atoms with van der Waals surface area (Å²) >= 11 is 0. The first-order valence-corrected chi connectivity index (χ1v) is 7.86. The van der Waals surface area contributed by atoms with Crippen molar-refractivity contribution in [2.45, 2.75) is 38.6 Å². The number of hydrogen-bond donors (Lipinski definition) is 0. The van der Waals surface area contributed by atoms with E-state index in [9.17, 15) is 19.2 Å². The van der Waals surface area contributed by atoms with Crippen molar-refractivity contribution in [1.29, 1.82) is 0 Å². The molecule has 4 amide bonds. The summed E-state index contributed by atoms with van der Waals surface area (Å²) in [5.41, 5.74) is 0. The summed E-state index contributed by atoms with van der Waals surface area (Å²) in [6, 6.07) is -0.135. The number of carbonyl (C=O) groups is 4. The van der Waals surface area contributed by atoms with Gasteiger partial charge in [0, 0.05) is 51.9 Å². The van der Waals surface area contributed by atoms with Gasteiger partial charge in [-0.05, 0) is 12.8 Å². The lowest BCUT2D eigenvalue weighted by Crippen LogP contribution is -2.63. The zero-order valence-electron chi connectivity index (χ0n) is 12.8. The largest absolute Gasteiger partial charge is 0.343 e. The van der Waals surface area contributed by atoms with Gasteiger partial charge in [0.05, 0.1) is 6.04 Å². The van der Waals surface area contributed by atoms with E-state index in [0.29, 0.717) is 51.9 Å². The van der Waals surface area contributed by atoms with Crippen molar-refractivity contribution in [3.8, 4) is 0 Å². The Bertz CT molecular complexity index is 503. The topological polar surface area (TPSA) is 78.0 Å². The van der Waals surface area contributed by atoms with Crippen LogP contribution in [0.5, 0.6) is 0 Å². The molecule has 0 atom stereocenters. The van der Waals surface area contributed by atoms with Gasteiger partial charge in [-0.25, -0.2) is 0 Å². The van der Waals surface area contributed by atoms with E-state index in [2.05, 4.69) is 0 Å². The van der Waals surface area contributed by atoms with Crippen LogP contribution < -0.4 is 0 Å². The second-order valence-corrected chi connectivity index (χ2v) is 6.33. The SMILES string of the molecule is CC(=O)N1CCC(C(=O)N2CC(N3C(=O)CCC3=O)C2)CC1. The van der Waals surface area contributed by atoms with E-state index < -0.39 is 0 Å². The first-order valence-electron chi connectivity index (χ1n) is 7.86. The minimum absolute atomic E-state index is 0.0402. The van der Waals surface area contributed by atoms with Crippen molar-refractivity contribution in [2.75, 3.05) is 26.2 Å². The van der Waals surface area contributed by atoms with E-state index in [4.69, 9.17) is 0 Å². The molecule has 3 saturated heterocycles. The van der Waals surface area contributed by atoms with Gasteiger partial charge in [0.15, 0.2) is 0 Å². The molecule has 120 valence electrons. The molecule has 22 heavy (non-hydrogen) atoms. The van der Waals surface area contributed by atoms with Crippen LogP contribution in [0.25, 0.3) is 0 Å². The number of carbonyl (C=O) groups excluding carboxylic acids is 4. The summed E-state index contributed by atoms with van der Waals surface area (Å²) < 4.78 is 0. The molecule has 0 bridgehead atoms. The molecule has 7 heteroatoms. The van der Waals surface area contributed by atoms with Gasteiger partial charge >= 0.3 is 0 Å². The predicted molar refractivity (Wildman–Crippen MR) is 76.4 cm³/mol. The third kappa shape index (κ3) is 2.60. The molecule has 3 aliphatic rings. The normalized spacial score (nSPS) is 24.0. The summed E-state index contributed by atoms with van der Waals surface area (Å²) in [5.74, 6) is -0.116. The van der Waals surface area contributed by atoms with Crippen molar-refractivity contribution in [1.82, 2.24) is 14.7 Å². The quantitative estimate of drug-likeness (QED) is 0.651. The Balaban J connectivity index is 1.49. The van der Waals surface area contributed by atoms with Crippen molar-refractivity contribution >= 4 is 23.6 Å². The van der Waals surface area contributed by atoms with E-state index in [1.165, 1.54) is 4.90 Å². The van der Waals surface area contributed by atoms with Gasteiger partial charge < -0.3 is 9.80 Å². The highest BCUT2D eigenvalue weighted by molar-refractivity contribution is 6.02. The van der Waals surface area contributed by atoms with Gasteiger partial charge in [0.2, 0.25) is 23.6 Å². The van der Waals surface area contributed by atoms with Crippen molar-refractivity contribution in [2.24, 2.45) is 5.92 Å². The highest BCUT2D eigenvalue weighted by Crippen LogP contribution is 2.26. The van der Waals surface area contributed by atoms with Gasteiger partial charge in [-0.2, -0.15) is 0 Å². The summed E-state index contributed by atoms with van der Waals surface area (Å²) in [6.45, 7) is 3.73.